The third-order valence-electron chi connectivity index (χ3n) is 3.11. The Morgan fingerprint density at radius 1 is 1.13 bits per heavy atom. The summed E-state index contributed by atoms with van der Waals surface area (Å²) in [7, 11) is 0. The summed E-state index contributed by atoms with van der Waals surface area (Å²) in [5.74, 6) is -0.732. The quantitative estimate of drug-likeness (QED) is 0.783. The van der Waals surface area contributed by atoms with Gasteiger partial charge in [0, 0.05) is 18.5 Å². The fourth-order valence-electron chi connectivity index (χ4n) is 2.04. The normalized spacial score (nSPS) is 12.1. The molecule has 0 amide bonds. The molecule has 23 heavy (non-hydrogen) atoms. The lowest BCUT2D eigenvalue weighted by molar-refractivity contribution is 0.288. The molecule has 0 fully saturated rings. The van der Waals surface area contributed by atoms with E-state index in [9.17, 15) is 8.78 Å². The first kappa shape index (κ1) is 15.1. The molecule has 7 heteroatoms. The van der Waals surface area contributed by atoms with Crippen LogP contribution >= 0.6 is 0 Å². The number of fused-ring (bicyclic) bond motifs is 1. The molecule has 0 aliphatic heterocycles. The van der Waals surface area contributed by atoms with Gasteiger partial charge < -0.3 is 10.1 Å². The highest BCUT2D eigenvalue weighted by molar-refractivity contribution is 5.71. The van der Waals surface area contributed by atoms with E-state index in [4.69, 9.17) is 4.74 Å². The second-order valence-electron chi connectivity index (χ2n) is 5.03. The maximum Gasteiger partial charge on any atom is 0.180 e. The molecule has 1 aromatic carbocycles. The third kappa shape index (κ3) is 3.68. The van der Waals surface area contributed by atoms with Crippen molar-refractivity contribution in [3.8, 4) is 5.75 Å². The lowest BCUT2D eigenvalue weighted by Crippen LogP contribution is -2.24. The summed E-state index contributed by atoms with van der Waals surface area (Å²) in [6.45, 7) is 2.06. The second-order valence-corrected chi connectivity index (χ2v) is 5.03. The maximum atomic E-state index is 13.5. The highest BCUT2D eigenvalue weighted by atomic mass is 19.1. The van der Waals surface area contributed by atoms with Crippen molar-refractivity contribution in [3.63, 3.8) is 0 Å². The van der Waals surface area contributed by atoms with Gasteiger partial charge >= 0.3 is 0 Å². The Balaban J connectivity index is 1.62. The number of anilines is 1. The lowest BCUT2D eigenvalue weighted by atomic mass is 10.3. The number of pyridine rings is 1. The first-order valence-corrected chi connectivity index (χ1v) is 7.04. The molecule has 0 saturated heterocycles. The summed E-state index contributed by atoms with van der Waals surface area (Å²) < 4.78 is 31.7. The van der Waals surface area contributed by atoms with Gasteiger partial charge in [-0.1, -0.05) is 0 Å². The Bertz CT molecular complexity index is 828. The fourth-order valence-corrected chi connectivity index (χ4v) is 2.04. The SMILES string of the molecule is CC(COc1ccc(F)cc1F)Nc1ccc2nccnc2n1. The van der Waals surface area contributed by atoms with Crippen LogP contribution in [0.5, 0.6) is 5.75 Å². The van der Waals surface area contributed by atoms with Crippen LogP contribution < -0.4 is 10.1 Å². The minimum absolute atomic E-state index is 0.0115. The van der Waals surface area contributed by atoms with Crippen LogP contribution in [0.25, 0.3) is 11.2 Å². The number of ether oxygens (including phenoxy) is 1. The van der Waals surface area contributed by atoms with Crippen LogP contribution in [0.2, 0.25) is 0 Å². The van der Waals surface area contributed by atoms with Crippen LogP contribution in [-0.2, 0) is 0 Å². The first-order chi connectivity index (χ1) is 11.1. The fraction of sp³-hybridized carbons (Fsp3) is 0.188. The Morgan fingerprint density at radius 2 is 1.96 bits per heavy atom. The van der Waals surface area contributed by atoms with Gasteiger partial charge in [-0.15, -0.1) is 0 Å². The Hall–Kier alpha value is -2.83. The van der Waals surface area contributed by atoms with E-state index in [1.54, 1.807) is 18.5 Å². The van der Waals surface area contributed by atoms with Crippen LogP contribution in [0.15, 0.2) is 42.7 Å². The van der Waals surface area contributed by atoms with Crippen molar-refractivity contribution >= 4 is 17.0 Å². The standard InChI is InChI=1S/C16H14F2N4O/c1-10(9-23-14-4-2-11(17)8-12(14)18)21-15-5-3-13-16(22-15)20-7-6-19-13/h2-8,10H,9H2,1H3,(H,20,21,22). The van der Waals surface area contributed by atoms with Crippen LogP contribution in [-0.4, -0.2) is 27.6 Å². The predicted molar refractivity (Wildman–Crippen MR) is 82.3 cm³/mol. The molecule has 0 bridgehead atoms. The zero-order valence-electron chi connectivity index (χ0n) is 12.3. The van der Waals surface area contributed by atoms with E-state index in [0.29, 0.717) is 17.0 Å². The second kappa shape index (κ2) is 6.51. The number of rotatable bonds is 5. The molecule has 0 aliphatic carbocycles. The number of hydrogen-bond acceptors (Lipinski definition) is 5. The van der Waals surface area contributed by atoms with Gasteiger partial charge in [0.15, 0.2) is 17.2 Å². The van der Waals surface area contributed by atoms with E-state index in [0.717, 1.165) is 12.1 Å². The molecule has 5 nitrogen and oxygen atoms in total. The number of halogens is 2. The third-order valence-corrected chi connectivity index (χ3v) is 3.11. The highest BCUT2D eigenvalue weighted by Gasteiger charge is 2.09. The molecule has 1 atom stereocenters. The Labute approximate surface area is 131 Å². The van der Waals surface area contributed by atoms with Crippen molar-refractivity contribution in [2.75, 3.05) is 11.9 Å². The molecule has 3 rings (SSSR count). The van der Waals surface area contributed by atoms with Crippen molar-refractivity contribution in [1.29, 1.82) is 0 Å². The van der Waals surface area contributed by atoms with Gasteiger partial charge in [0.1, 0.15) is 23.8 Å². The minimum Gasteiger partial charge on any atom is -0.488 e. The van der Waals surface area contributed by atoms with Gasteiger partial charge in [-0.3, -0.25) is 4.98 Å². The molecule has 0 radical (unpaired) electrons. The average Bonchev–Trinajstić information content (AvgIpc) is 2.54. The summed E-state index contributed by atoms with van der Waals surface area (Å²) >= 11 is 0. The van der Waals surface area contributed by atoms with Crippen molar-refractivity contribution in [2.45, 2.75) is 13.0 Å². The molecule has 1 N–H and O–H groups in total. The molecular formula is C16H14F2N4O. The van der Waals surface area contributed by atoms with E-state index in [1.807, 2.05) is 13.0 Å². The highest BCUT2D eigenvalue weighted by Crippen LogP contribution is 2.18. The van der Waals surface area contributed by atoms with Gasteiger partial charge in [0.2, 0.25) is 0 Å². The predicted octanol–water partition coefficient (Wildman–Crippen LogP) is 3.18. The topological polar surface area (TPSA) is 59.9 Å². The van der Waals surface area contributed by atoms with E-state index in [1.165, 1.54) is 6.07 Å². The summed E-state index contributed by atoms with van der Waals surface area (Å²) in [5.41, 5.74) is 1.24. The van der Waals surface area contributed by atoms with Gasteiger partial charge in [0.25, 0.3) is 0 Å². The minimum atomic E-state index is -0.726. The van der Waals surface area contributed by atoms with Crippen LogP contribution in [0.3, 0.4) is 0 Å². The molecule has 2 heterocycles. The molecule has 2 aromatic heterocycles. The molecule has 1 unspecified atom stereocenters. The monoisotopic (exact) mass is 316 g/mol. The summed E-state index contributed by atoms with van der Waals surface area (Å²) in [4.78, 5) is 12.6. The van der Waals surface area contributed by atoms with Crippen molar-refractivity contribution in [2.24, 2.45) is 0 Å². The van der Waals surface area contributed by atoms with Crippen molar-refractivity contribution in [1.82, 2.24) is 15.0 Å². The summed E-state index contributed by atoms with van der Waals surface area (Å²) in [6, 6.07) is 6.66. The lowest BCUT2D eigenvalue weighted by Gasteiger charge is -2.16. The summed E-state index contributed by atoms with van der Waals surface area (Å²) in [5, 5.41) is 3.13. The number of aromatic nitrogens is 3. The van der Waals surface area contributed by atoms with E-state index in [2.05, 4.69) is 20.3 Å². The number of nitrogens with zero attached hydrogens (tertiary/aromatic N) is 3. The zero-order valence-corrected chi connectivity index (χ0v) is 12.3. The van der Waals surface area contributed by atoms with E-state index in [-0.39, 0.29) is 18.4 Å². The molecule has 0 spiro atoms. The number of benzene rings is 1. The maximum absolute atomic E-state index is 13.5. The molecule has 3 aromatic rings. The van der Waals surface area contributed by atoms with Gasteiger partial charge in [0.05, 0.1) is 6.04 Å². The first-order valence-electron chi connectivity index (χ1n) is 7.04. The van der Waals surface area contributed by atoms with Gasteiger partial charge in [-0.25, -0.2) is 18.7 Å². The average molecular weight is 316 g/mol. The van der Waals surface area contributed by atoms with Gasteiger partial charge in [-0.2, -0.15) is 0 Å². The zero-order chi connectivity index (χ0) is 16.2. The van der Waals surface area contributed by atoms with E-state index >= 15 is 0 Å². The number of nitrogens with one attached hydrogen (secondary N) is 1. The smallest absolute Gasteiger partial charge is 0.180 e. The molecule has 118 valence electrons. The summed E-state index contributed by atoms with van der Waals surface area (Å²) in [6.07, 6.45) is 3.17. The number of hydrogen-bond donors (Lipinski definition) is 1. The van der Waals surface area contributed by atoms with Crippen LogP contribution in [0, 0.1) is 11.6 Å². The van der Waals surface area contributed by atoms with Crippen molar-refractivity contribution < 1.29 is 13.5 Å². The van der Waals surface area contributed by atoms with E-state index < -0.39 is 11.6 Å². The Kier molecular flexibility index (Phi) is 4.27. The van der Waals surface area contributed by atoms with Crippen LogP contribution in [0.4, 0.5) is 14.6 Å². The van der Waals surface area contributed by atoms with Crippen molar-refractivity contribution in [3.05, 3.63) is 54.4 Å². The molecule has 0 aliphatic rings. The molecule has 0 saturated carbocycles. The van der Waals surface area contributed by atoms with Crippen LogP contribution in [0.1, 0.15) is 6.92 Å². The Morgan fingerprint density at radius 3 is 2.78 bits per heavy atom. The molecular weight excluding hydrogens is 302 g/mol. The van der Waals surface area contributed by atoms with Gasteiger partial charge in [-0.05, 0) is 31.2 Å². The largest absolute Gasteiger partial charge is 0.488 e.